The van der Waals surface area contributed by atoms with Gasteiger partial charge in [0.25, 0.3) is 7.37 Å². The SMILES string of the molecule is CC(C)[C@H]1CC[C@@H](C)C[C@H]1O[P@@](=O)(c1ccc(N(C)C)cc1)[C@H](Nc1ccccc1)c1ccccc1. The molecule has 3 aromatic rings. The Balaban J connectivity index is 1.83. The summed E-state index contributed by atoms with van der Waals surface area (Å²) in [5.41, 5.74) is 2.97. The van der Waals surface area contributed by atoms with E-state index in [1.54, 1.807) is 0 Å². The first-order valence-electron chi connectivity index (χ1n) is 13.2. The summed E-state index contributed by atoms with van der Waals surface area (Å²) in [6, 6.07) is 28.2. The second kappa shape index (κ2) is 11.7. The lowest BCUT2D eigenvalue weighted by atomic mass is 9.75. The van der Waals surface area contributed by atoms with Crippen molar-refractivity contribution in [3.8, 4) is 0 Å². The van der Waals surface area contributed by atoms with Crippen molar-refractivity contribution in [2.45, 2.75) is 51.9 Å². The highest BCUT2D eigenvalue weighted by Gasteiger charge is 2.43. The molecule has 0 heterocycles. The highest BCUT2D eigenvalue weighted by atomic mass is 31.2. The van der Waals surface area contributed by atoms with E-state index in [4.69, 9.17) is 4.52 Å². The molecule has 5 heteroatoms. The lowest BCUT2D eigenvalue weighted by molar-refractivity contribution is 0.0489. The third kappa shape index (κ3) is 6.05. The summed E-state index contributed by atoms with van der Waals surface area (Å²) in [5, 5.41) is 4.37. The zero-order valence-corrected chi connectivity index (χ0v) is 23.2. The number of nitrogens with zero attached hydrogens (tertiary/aromatic N) is 1. The predicted molar refractivity (Wildman–Crippen MR) is 153 cm³/mol. The van der Waals surface area contributed by atoms with Gasteiger partial charge in [-0.3, -0.25) is 4.57 Å². The molecule has 1 fully saturated rings. The van der Waals surface area contributed by atoms with Crippen LogP contribution in [0.2, 0.25) is 0 Å². The van der Waals surface area contributed by atoms with Crippen molar-refractivity contribution < 1.29 is 9.09 Å². The van der Waals surface area contributed by atoms with Crippen LogP contribution in [-0.2, 0) is 9.09 Å². The van der Waals surface area contributed by atoms with Crippen molar-refractivity contribution >= 4 is 24.0 Å². The zero-order chi connectivity index (χ0) is 25.7. The fraction of sp³-hybridized carbons (Fsp3) is 0.419. The molecule has 0 unspecified atom stereocenters. The summed E-state index contributed by atoms with van der Waals surface area (Å²) in [4.78, 5) is 2.06. The minimum absolute atomic E-state index is 0.0445. The van der Waals surface area contributed by atoms with Crippen LogP contribution in [0.15, 0.2) is 84.9 Å². The van der Waals surface area contributed by atoms with Crippen molar-refractivity contribution in [3.63, 3.8) is 0 Å². The van der Waals surface area contributed by atoms with E-state index in [9.17, 15) is 0 Å². The van der Waals surface area contributed by atoms with E-state index in [0.29, 0.717) is 17.8 Å². The van der Waals surface area contributed by atoms with E-state index in [2.05, 4.69) is 31.0 Å². The maximum Gasteiger partial charge on any atom is 0.258 e. The summed E-state index contributed by atoms with van der Waals surface area (Å²) < 4.78 is 22.4. The Labute approximate surface area is 217 Å². The number of hydrogen-bond acceptors (Lipinski definition) is 4. The van der Waals surface area contributed by atoms with Gasteiger partial charge in [-0.05, 0) is 72.6 Å². The van der Waals surface area contributed by atoms with Crippen LogP contribution in [0.5, 0.6) is 0 Å². The summed E-state index contributed by atoms with van der Waals surface area (Å²) in [5.74, 6) is 0.927. The average Bonchev–Trinajstić information content (AvgIpc) is 2.88. The van der Waals surface area contributed by atoms with Gasteiger partial charge in [0.2, 0.25) is 0 Å². The number of nitrogens with one attached hydrogen (secondary N) is 1. The van der Waals surface area contributed by atoms with E-state index in [-0.39, 0.29) is 6.10 Å². The fourth-order valence-electron chi connectivity index (χ4n) is 5.36. The summed E-state index contributed by atoms with van der Waals surface area (Å²) in [6.45, 7) is 6.83. The van der Waals surface area contributed by atoms with Crippen LogP contribution in [0.1, 0.15) is 51.4 Å². The largest absolute Gasteiger partial charge is 0.378 e. The first kappa shape index (κ1) is 26.5. The zero-order valence-electron chi connectivity index (χ0n) is 22.3. The van der Waals surface area contributed by atoms with E-state index in [1.165, 1.54) is 6.42 Å². The van der Waals surface area contributed by atoms with Crippen molar-refractivity contribution in [2.24, 2.45) is 17.8 Å². The monoisotopic (exact) mass is 504 g/mol. The van der Waals surface area contributed by atoms with Crippen molar-refractivity contribution in [1.29, 1.82) is 0 Å². The molecule has 0 bridgehead atoms. The minimum atomic E-state index is -3.42. The van der Waals surface area contributed by atoms with Gasteiger partial charge in [-0.15, -0.1) is 0 Å². The van der Waals surface area contributed by atoms with Crippen LogP contribution < -0.4 is 15.5 Å². The van der Waals surface area contributed by atoms with Gasteiger partial charge in [0.15, 0.2) is 0 Å². The number of benzene rings is 3. The second-order valence-corrected chi connectivity index (χ2v) is 13.2. The van der Waals surface area contributed by atoms with Gasteiger partial charge in [0.1, 0.15) is 5.78 Å². The Hall–Kier alpha value is -2.55. The third-order valence-corrected chi connectivity index (χ3v) is 10.2. The molecule has 192 valence electrons. The molecule has 1 aliphatic carbocycles. The van der Waals surface area contributed by atoms with E-state index < -0.39 is 13.2 Å². The molecular weight excluding hydrogens is 463 g/mol. The molecule has 0 aromatic heterocycles. The second-order valence-electron chi connectivity index (χ2n) is 10.8. The molecule has 1 saturated carbocycles. The van der Waals surface area contributed by atoms with Gasteiger partial charge >= 0.3 is 0 Å². The Morgan fingerprint density at radius 3 is 2.08 bits per heavy atom. The topological polar surface area (TPSA) is 41.6 Å². The summed E-state index contributed by atoms with van der Waals surface area (Å²) >= 11 is 0. The van der Waals surface area contributed by atoms with Crippen LogP contribution in [-0.4, -0.2) is 20.2 Å². The molecule has 4 nitrogen and oxygen atoms in total. The Morgan fingerprint density at radius 1 is 0.889 bits per heavy atom. The van der Waals surface area contributed by atoms with Crippen LogP contribution in [0, 0.1) is 17.8 Å². The molecule has 3 aromatic carbocycles. The van der Waals surface area contributed by atoms with Gasteiger partial charge in [-0.25, -0.2) is 0 Å². The number of para-hydroxylation sites is 1. The predicted octanol–water partition coefficient (Wildman–Crippen LogP) is 7.94. The standard InChI is InChI=1S/C31H41N2O2P/c1-23(2)29-21-16-24(3)22-30(29)35-36(34,28-19-17-27(18-20-28)33(4)5)31(25-12-8-6-9-13-25)32-26-14-10-7-11-15-26/h6-15,17-20,23-24,29-32H,16,21-22H2,1-5H3/t24-,29-,30-,31+,36+/m1/s1. The third-order valence-electron chi connectivity index (χ3n) is 7.51. The molecule has 0 saturated heterocycles. The van der Waals surface area contributed by atoms with Gasteiger partial charge in [-0.2, -0.15) is 0 Å². The maximum absolute atomic E-state index is 15.4. The van der Waals surface area contributed by atoms with Gasteiger partial charge in [0, 0.05) is 30.8 Å². The van der Waals surface area contributed by atoms with Crippen molar-refractivity contribution in [2.75, 3.05) is 24.3 Å². The number of hydrogen-bond donors (Lipinski definition) is 1. The first-order valence-corrected chi connectivity index (χ1v) is 14.9. The lowest BCUT2D eigenvalue weighted by Crippen LogP contribution is -2.35. The summed E-state index contributed by atoms with van der Waals surface area (Å²) in [6.07, 6.45) is 3.21. The Kier molecular flexibility index (Phi) is 8.59. The highest BCUT2D eigenvalue weighted by Crippen LogP contribution is 2.61. The molecule has 1 aliphatic rings. The molecule has 0 spiro atoms. The molecule has 0 amide bonds. The number of rotatable bonds is 9. The number of anilines is 2. The van der Waals surface area contributed by atoms with E-state index in [1.807, 2.05) is 99.0 Å². The van der Waals surface area contributed by atoms with Crippen LogP contribution in [0.25, 0.3) is 0 Å². The lowest BCUT2D eigenvalue weighted by Gasteiger charge is -2.41. The smallest absolute Gasteiger partial charge is 0.258 e. The molecule has 0 aliphatic heterocycles. The molecule has 5 atom stereocenters. The molecule has 1 N–H and O–H groups in total. The van der Waals surface area contributed by atoms with E-state index in [0.717, 1.165) is 35.1 Å². The first-order chi connectivity index (χ1) is 17.3. The quantitative estimate of drug-likeness (QED) is 0.300. The van der Waals surface area contributed by atoms with Crippen LogP contribution in [0.4, 0.5) is 11.4 Å². The van der Waals surface area contributed by atoms with Crippen molar-refractivity contribution in [3.05, 3.63) is 90.5 Å². The van der Waals surface area contributed by atoms with Gasteiger partial charge in [0.05, 0.1) is 6.10 Å². The van der Waals surface area contributed by atoms with E-state index >= 15 is 4.57 Å². The fourth-order valence-corrected chi connectivity index (χ4v) is 7.99. The molecule has 4 rings (SSSR count). The maximum atomic E-state index is 15.4. The van der Waals surface area contributed by atoms with Gasteiger partial charge < -0.3 is 14.7 Å². The normalized spacial score (nSPS) is 22.6. The Morgan fingerprint density at radius 2 is 1.50 bits per heavy atom. The average molecular weight is 505 g/mol. The summed E-state index contributed by atoms with van der Waals surface area (Å²) in [7, 11) is 0.618. The Bertz CT molecular complexity index is 1130. The highest BCUT2D eigenvalue weighted by molar-refractivity contribution is 7.67. The molecule has 36 heavy (non-hydrogen) atoms. The van der Waals surface area contributed by atoms with Gasteiger partial charge in [-0.1, -0.05) is 75.7 Å². The minimum Gasteiger partial charge on any atom is -0.378 e. The van der Waals surface area contributed by atoms with Crippen LogP contribution in [0.3, 0.4) is 0 Å². The molecular formula is C31H41N2O2P. The molecule has 0 radical (unpaired) electrons. The van der Waals surface area contributed by atoms with Crippen LogP contribution >= 0.6 is 7.37 Å². The van der Waals surface area contributed by atoms with Crippen molar-refractivity contribution in [1.82, 2.24) is 0 Å².